The maximum absolute atomic E-state index is 12.1. The van der Waals surface area contributed by atoms with Crippen molar-refractivity contribution in [2.24, 2.45) is 0 Å². The Labute approximate surface area is 204 Å². The molecule has 0 aliphatic carbocycles. The van der Waals surface area contributed by atoms with Gasteiger partial charge in [0, 0.05) is 24.7 Å². The monoisotopic (exact) mass is 473 g/mol. The van der Waals surface area contributed by atoms with Crippen LogP contribution in [0.1, 0.15) is 32.8 Å². The molecule has 0 atom stereocenters. The zero-order valence-corrected chi connectivity index (χ0v) is 19.8. The highest BCUT2D eigenvalue weighted by Crippen LogP contribution is 2.29. The van der Waals surface area contributed by atoms with Crippen molar-refractivity contribution in [1.29, 1.82) is 5.26 Å². The highest BCUT2D eigenvalue weighted by Gasteiger charge is 2.16. The van der Waals surface area contributed by atoms with Gasteiger partial charge < -0.3 is 24.8 Å². The van der Waals surface area contributed by atoms with Gasteiger partial charge in [0.1, 0.15) is 28.6 Å². The standard InChI is InChI=1S/C27H27N3O5/c1-27(2,3)35-26(32)29-16-15-25(31)30-20-9-13-22(14-10-20)34-24-6-4-5-23(17-24)33-21-11-7-19(18-28)8-12-21/h4-14,17H,15-16H2,1-3H3,(H,29,32)(H,30,31). The van der Waals surface area contributed by atoms with E-state index in [1.165, 1.54) is 0 Å². The zero-order chi connectivity index (χ0) is 25.3. The smallest absolute Gasteiger partial charge is 0.407 e. The molecule has 3 aromatic carbocycles. The normalized spacial score (nSPS) is 10.6. The molecule has 3 rings (SSSR count). The van der Waals surface area contributed by atoms with Crippen LogP contribution < -0.4 is 20.1 Å². The number of nitrogens with zero attached hydrogens (tertiary/aromatic N) is 1. The maximum atomic E-state index is 12.1. The molecule has 0 saturated heterocycles. The first-order valence-electron chi connectivity index (χ1n) is 11.0. The number of alkyl carbamates (subject to hydrolysis) is 1. The van der Waals surface area contributed by atoms with E-state index in [9.17, 15) is 9.59 Å². The number of carbonyl (C=O) groups is 2. The molecule has 0 aliphatic heterocycles. The van der Waals surface area contributed by atoms with Crippen molar-refractivity contribution in [3.8, 4) is 29.1 Å². The van der Waals surface area contributed by atoms with Gasteiger partial charge in [-0.2, -0.15) is 5.26 Å². The van der Waals surface area contributed by atoms with Crippen molar-refractivity contribution in [3.05, 3.63) is 78.4 Å². The fourth-order valence-electron chi connectivity index (χ4n) is 2.89. The van der Waals surface area contributed by atoms with Crippen molar-refractivity contribution < 1.29 is 23.8 Å². The van der Waals surface area contributed by atoms with Crippen molar-refractivity contribution in [1.82, 2.24) is 5.32 Å². The van der Waals surface area contributed by atoms with Crippen molar-refractivity contribution in [3.63, 3.8) is 0 Å². The first kappa shape index (κ1) is 25.1. The third kappa shape index (κ3) is 8.74. The largest absolute Gasteiger partial charge is 0.457 e. The molecule has 0 saturated carbocycles. The first-order valence-corrected chi connectivity index (χ1v) is 11.0. The quantitative estimate of drug-likeness (QED) is 0.415. The van der Waals surface area contributed by atoms with E-state index in [1.807, 2.05) is 6.07 Å². The van der Waals surface area contributed by atoms with E-state index in [0.29, 0.717) is 34.2 Å². The second-order valence-corrected chi connectivity index (χ2v) is 8.57. The van der Waals surface area contributed by atoms with Crippen molar-refractivity contribution in [2.45, 2.75) is 32.8 Å². The molecule has 0 aliphatic rings. The predicted octanol–water partition coefficient (Wildman–Crippen LogP) is 6.00. The number of nitrogens with one attached hydrogen (secondary N) is 2. The molecule has 8 heteroatoms. The highest BCUT2D eigenvalue weighted by atomic mass is 16.6. The summed E-state index contributed by atoms with van der Waals surface area (Å²) in [6.45, 7) is 5.49. The third-order valence-corrected chi connectivity index (χ3v) is 4.42. The lowest BCUT2D eigenvalue weighted by Crippen LogP contribution is -2.34. The molecule has 0 bridgehead atoms. The molecule has 2 N–H and O–H groups in total. The fraction of sp³-hybridized carbons (Fsp3) is 0.222. The van der Waals surface area contributed by atoms with E-state index >= 15 is 0 Å². The van der Waals surface area contributed by atoms with Gasteiger partial charge in [-0.1, -0.05) is 6.07 Å². The minimum Gasteiger partial charge on any atom is -0.457 e. The molecule has 8 nitrogen and oxygen atoms in total. The van der Waals surface area contributed by atoms with Gasteiger partial charge in [-0.25, -0.2) is 4.79 Å². The van der Waals surface area contributed by atoms with E-state index in [-0.39, 0.29) is 18.9 Å². The summed E-state index contributed by atoms with van der Waals surface area (Å²) in [6, 6.07) is 23.0. The summed E-state index contributed by atoms with van der Waals surface area (Å²) in [5, 5.41) is 14.2. The van der Waals surface area contributed by atoms with Crippen LogP contribution in [0.2, 0.25) is 0 Å². The molecule has 35 heavy (non-hydrogen) atoms. The summed E-state index contributed by atoms with van der Waals surface area (Å²) in [7, 11) is 0. The second kappa shape index (κ2) is 11.6. The Morgan fingerprint density at radius 3 is 1.97 bits per heavy atom. The van der Waals surface area contributed by atoms with Crippen molar-refractivity contribution >= 4 is 17.7 Å². The molecule has 0 unspecified atom stereocenters. The summed E-state index contributed by atoms with van der Waals surface area (Å²) < 4.78 is 16.8. The molecule has 0 spiro atoms. The number of rotatable bonds is 8. The summed E-state index contributed by atoms with van der Waals surface area (Å²) >= 11 is 0. The predicted molar refractivity (Wildman–Crippen MR) is 132 cm³/mol. The van der Waals surface area contributed by atoms with Gasteiger partial charge in [0.15, 0.2) is 0 Å². The van der Waals surface area contributed by atoms with Gasteiger partial charge in [0.25, 0.3) is 0 Å². The summed E-state index contributed by atoms with van der Waals surface area (Å²) in [4.78, 5) is 23.7. The Morgan fingerprint density at radius 1 is 0.857 bits per heavy atom. The number of nitriles is 1. The van der Waals surface area contributed by atoms with Crippen LogP contribution in [0, 0.1) is 11.3 Å². The summed E-state index contributed by atoms with van der Waals surface area (Å²) in [5.41, 5.74) is 0.583. The lowest BCUT2D eigenvalue weighted by Gasteiger charge is -2.19. The average Bonchev–Trinajstić information content (AvgIpc) is 2.80. The Kier molecular flexibility index (Phi) is 8.30. The van der Waals surface area contributed by atoms with Crippen LogP contribution >= 0.6 is 0 Å². The van der Waals surface area contributed by atoms with Crippen molar-refractivity contribution in [2.75, 3.05) is 11.9 Å². The van der Waals surface area contributed by atoms with E-state index in [4.69, 9.17) is 19.5 Å². The average molecular weight is 474 g/mol. The third-order valence-electron chi connectivity index (χ3n) is 4.42. The Balaban J connectivity index is 1.48. The van der Waals surface area contributed by atoms with Gasteiger partial charge in [-0.15, -0.1) is 0 Å². The van der Waals surface area contributed by atoms with Crippen LogP contribution in [0.4, 0.5) is 10.5 Å². The number of hydrogen-bond donors (Lipinski definition) is 2. The van der Waals surface area contributed by atoms with E-state index < -0.39 is 11.7 Å². The Morgan fingerprint density at radius 2 is 1.43 bits per heavy atom. The number of hydrogen-bond acceptors (Lipinski definition) is 6. The summed E-state index contributed by atoms with van der Waals surface area (Å²) in [6.07, 6.45) is -0.443. The van der Waals surface area contributed by atoms with E-state index in [1.54, 1.807) is 87.5 Å². The van der Waals surface area contributed by atoms with Crippen LogP contribution in [0.15, 0.2) is 72.8 Å². The van der Waals surface area contributed by atoms with Gasteiger partial charge >= 0.3 is 6.09 Å². The maximum Gasteiger partial charge on any atom is 0.407 e. The number of carbonyl (C=O) groups excluding carboxylic acids is 2. The molecule has 0 heterocycles. The number of benzene rings is 3. The summed E-state index contributed by atoms with van der Waals surface area (Å²) in [5.74, 6) is 2.15. The molecular weight excluding hydrogens is 446 g/mol. The van der Waals surface area contributed by atoms with Crippen LogP contribution in [-0.4, -0.2) is 24.1 Å². The molecule has 0 fully saturated rings. The number of ether oxygens (including phenoxy) is 3. The molecular formula is C27H27N3O5. The minimum atomic E-state index is -0.588. The van der Waals surface area contributed by atoms with Gasteiger partial charge in [-0.3, -0.25) is 4.79 Å². The van der Waals surface area contributed by atoms with Gasteiger partial charge in [-0.05, 0) is 81.4 Å². The fourth-order valence-corrected chi connectivity index (χ4v) is 2.89. The zero-order valence-electron chi connectivity index (χ0n) is 19.8. The molecule has 2 amide bonds. The highest BCUT2D eigenvalue weighted by molar-refractivity contribution is 5.91. The topological polar surface area (TPSA) is 110 Å². The Hall–Kier alpha value is -4.51. The minimum absolute atomic E-state index is 0.115. The molecule has 0 radical (unpaired) electrons. The molecule has 0 aromatic heterocycles. The second-order valence-electron chi connectivity index (χ2n) is 8.57. The molecule has 180 valence electrons. The van der Waals surface area contributed by atoms with Gasteiger partial charge in [0.05, 0.1) is 11.6 Å². The molecule has 3 aromatic rings. The van der Waals surface area contributed by atoms with Gasteiger partial charge in [0.2, 0.25) is 5.91 Å². The lowest BCUT2D eigenvalue weighted by molar-refractivity contribution is -0.116. The first-order chi connectivity index (χ1) is 16.7. The van der Waals surface area contributed by atoms with Crippen LogP contribution in [0.5, 0.6) is 23.0 Å². The Bertz CT molecular complexity index is 1190. The van der Waals surface area contributed by atoms with E-state index in [2.05, 4.69) is 16.7 Å². The number of amides is 2. The van der Waals surface area contributed by atoms with E-state index in [0.717, 1.165) is 0 Å². The lowest BCUT2D eigenvalue weighted by atomic mass is 10.2. The number of anilines is 1. The van der Waals surface area contributed by atoms with Crippen LogP contribution in [0.3, 0.4) is 0 Å². The van der Waals surface area contributed by atoms with Crippen LogP contribution in [0.25, 0.3) is 0 Å². The SMILES string of the molecule is CC(C)(C)OC(=O)NCCC(=O)Nc1ccc(Oc2cccc(Oc3ccc(C#N)cc3)c2)cc1. The van der Waals surface area contributed by atoms with Crippen LogP contribution in [-0.2, 0) is 9.53 Å².